The van der Waals surface area contributed by atoms with Gasteiger partial charge >= 0.3 is 11.9 Å². The number of thioether (sulfide) groups is 2. The maximum atomic E-state index is 14.5. The molecule has 5 aliphatic rings. The first kappa shape index (κ1) is 78.0. The fourth-order valence-electron chi connectivity index (χ4n) is 13.5. The number of allylic oxidation sites excluding steroid dienone is 4. The van der Waals surface area contributed by atoms with E-state index in [9.17, 15) is 67.7 Å². The van der Waals surface area contributed by atoms with Crippen LogP contribution in [0.25, 0.3) is 0 Å². The molecule has 27 nitrogen and oxygen atoms in total. The van der Waals surface area contributed by atoms with Gasteiger partial charge in [0.05, 0.1) is 86.7 Å². The number of carboxylic acids is 1. The predicted molar refractivity (Wildman–Crippen MR) is 357 cm³/mol. The molecular formula is C68H88ClN7O20S2. The minimum absolute atomic E-state index is 0.0114. The summed E-state index contributed by atoms with van der Waals surface area (Å²) in [6.45, 7) is 7.75. The van der Waals surface area contributed by atoms with Gasteiger partial charge in [0, 0.05) is 65.3 Å². The molecule has 0 spiro atoms. The summed E-state index contributed by atoms with van der Waals surface area (Å²) in [5, 5.41) is 36.1. The Morgan fingerprint density at radius 3 is 1.88 bits per heavy atom. The molecule has 2 aromatic carbocycles. The molecule has 534 valence electrons. The number of ether oxygens (including phenoxy) is 6. The number of carbonyl (C=O) groups is 12. The summed E-state index contributed by atoms with van der Waals surface area (Å²) < 4.78 is 33.8. The van der Waals surface area contributed by atoms with Crippen LogP contribution in [-0.4, -0.2) is 207 Å². The van der Waals surface area contributed by atoms with Crippen LogP contribution in [0.1, 0.15) is 92.4 Å². The summed E-state index contributed by atoms with van der Waals surface area (Å²) in [4.78, 5) is 157. The van der Waals surface area contributed by atoms with Gasteiger partial charge in [0.15, 0.2) is 11.4 Å². The number of nitrogens with one attached hydrogen (secondary N) is 6. The van der Waals surface area contributed by atoms with Crippen molar-refractivity contribution < 1.29 is 96.2 Å². The molecule has 1 heterocycles. The zero-order valence-corrected chi connectivity index (χ0v) is 58.0. The summed E-state index contributed by atoms with van der Waals surface area (Å²) in [5.41, 5.74) is -2.80. The predicted octanol–water partition coefficient (Wildman–Crippen LogP) is 3.44. The Balaban J connectivity index is 0.708. The lowest BCUT2D eigenvalue weighted by Gasteiger charge is -2.64. The van der Waals surface area contributed by atoms with Gasteiger partial charge in [-0.1, -0.05) is 99.3 Å². The lowest BCUT2D eigenvalue weighted by Crippen LogP contribution is -2.69. The highest BCUT2D eigenvalue weighted by molar-refractivity contribution is 8.08. The van der Waals surface area contributed by atoms with Crippen LogP contribution in [0.15, 0.2) is 104 Å². The van der Waals surface area contributed by atoms with Gasteiger partial charge in [-0.2, -0.15) is 0 Å². The van der Waals surface area contributed by atoms with E-state index in [0.717, 1.165) is 20.3 Å². The number of imide groups is 1. The van der Waals surface area contributed by atoms with E-state index in [1.165, 1.54) is 36.5 Å². The fraction of sp³-hybridized carbons (Fsp3) is 0.559. The van der Waals surface area contributed by atoms with Gasteiger partial charge in [-0.05, 0) is 87.3 Å². The van der Waals surface area contributed by atoms with Crippen molar-refractivity contribution in [2.45, 2.75) is 131 Å². The number of hydrogen-bond acceptors (Lipinski definition) is 21. The molecule has 1 aliphatic heterocycles. The number of halogens is 1. The summed E-state index contributed by atoms with van der Waals surface area (Å²) in [6.07, 6.45) is 4.10. The molecule has 0 radical (unpaired) electrons. The molecule has 30 heteroatoms. The van der Waals surface area contributed by atoms with Crippen LogP contribution in [0.5, 0.6) is 0 Å². The highest BCUT2D eigenvalue weighted by Crippen LogP contribution is 2.72. The molecule has 0 aromatic heterocycles. The minimum atomic E-state index is -1.72. The first-order valence-corrected chi connectivity index (χ1v) is 34.7. The normalized spacial score (nSPS) is 24.5. The number of alkyl halides is 1. The smallest absolute Gasteiger partial charge is 0.306 e. The van der Waals surface area contributed by atoms with Crippen LogP contribution >= 0.6 is 35.1 Å². The molecule has 2 aromatic rings. The quantitative estimate of drug-likeness (QED) is 0.0156. The first-order chi connectivity index (χ1) is 46.8. The molecule has 4 aliphatic carbocycles. The molecule has 8 amide bonds. The lowest BCUT2D eigenvalue weighted by atomic mass is 9.45. The molecule has 0 saturated heterocycles. The van der Waals surface area contributed by atoms with Crippen molar-refractivity contribution in [2.24, 2.45) is 28.6 Å². The monoisotopic (exact) mass is 1420 g/mol. The zero-order valence-electron chi connectivity index (χ0n) is 55.6. The van der Waals surface area contributed by atoms with Crippen molar-refractivity contribution in [3.63, 3.8) is 0 Å². The standard InChI is InChI=1S/C68H88ClN7O20S2/c1-6-58(86)96-68(42(2)35-49-48-18-17-44-36-45(77)21-24-65(44,4)67(48,69)51(78)37-66(49,68)5)52(79)40-95-41-73-56(83)38-71-55(82)39-72-61(87)43(3)74-62(88)50(19-20-57(84)85)75-54(81)23-27-91-29-31-93-33-34-94-32-30-92-28-25-70-53(80)22-26-76-63(89)59(97-46-13-9-7-10-14-46)60(64(76)90)98-47-15-11-8-12-16-47/h7-16,21,24,36,42-43,48-51,78H,6,17-20,22-23,25-35,37-41H2,1-5H3,(H,70,80)(H,71,82)(H,72,87)(H,73,83)(H,74,88)(H,75,81)(H,84,85)/t42-,43-,48-,49?,50-,51-,65-,66-,67-,68-/m0/s1. The van der Waals surface area contributed by atoms with Crippen molar-refractivity contribution in [2.75, 3.05) is 92.4 Å². The number of rotatable bonds is 40. The van der Waals surface area contributed by atoms with Gasteiger partial charge in [0.2, 0.25) is 41.2 Å². The number of aliphatic hydroxyl groups excluding tert-OH is 1. The molecule has 3 fully saturated rings. The Bertz CT molecular complexity index is 3280. The second kappa shape index (κ2) is 36.6. The average Bonchev–Trinajstić information content (AvgIpc) is 1.40. The van der Waals surface area contributed by atoms with Gasteiger partial charge in [0.1, 0.15) is 25.4 Å². The van der Waals surface area contributed by atoms with E-state index >= 15 is 0 Å². The summed E-state index contributed by atoms with van der Waals surface area (Å²) in [6, 6.07) is 15.9. The molecule has 7 rings (SSSR count). The van der Waals surface area contributed by atoms with Crippen molar-refractivity contribution in [3.05, 3.63) is 94.3 Å². The Morgan fingerprint density at radius 1 is 0.694 bits per heavy atom. The van der Waals surface area contributed by atoms with Crippen molar-refractivity contribution in [1.82, 2.24) is 36.8 Å². The SMILES string of the molecule is CCC(=O)O[C@]1(C(=O)COCNC(=O)CNC(=O)CNC(=O)[C@H](C)NC(=O)[C@H](CCC(=O)O)NC(=O)CCOCCOCCOCCOCCNC(=O)CCN2C(=O)C(Sc3ccccc3)=C(Sc3ccccc3)C2=O)[C@@H](C)CC2[C@@H]3CCC4=CC(=O)C=C[C@]4(C)[C@@]3(Cl)[C@@H](O)C[C@@]21C. The molecule has 0 bridgehead atoms. The Kier molecular flexibility index (Phi) is 29.2. The number of amides is 8. The number of nitrogens with zero attached hydrogens (tertiary/aromatic N) is 1. The van der Waals surface area contributed by atoms with Crippen molar-refractivity contribution in [1.29, 1.82) is 0 Å². The number of aliphatic carboxylic acids is 1. The van der Waals surface area contributed by atoms with E-state index in [-0.39, 0.29) is 122 Å². The van der Waals surface area contributed by atoms with Gasteiger partial charge in [-0.15, -0.1) is 11.6 Å². The number of benzene rings is 2. The van der Waals surface area contributed by atoms with E-state index in [4.69, 9.17) is 40.0 Å². The molecule has 1 unspecified atom stereocenters. The minimum Gasteiger partial charge on any atom is -0.481 e. The molecule has 3 saturated carbocycles. The summed E-state index contributed by atoms with van der Waals surface area (Å²) in [5.74, 6) is -8.76. The van der Waals surface area contributed by atoms with Crippen LogP contribution in [0.4, 0.5) is 0 Å². The second-order valence-electron chi connectivity index (χ2n) is 24.8. The fourth-order valence-corrected chi connectivity index (χ4v) is 16.0. The summed E-state index contributed by atoms with van der Waals surface area (Å²) >= 11 is 10.0. The van der Waals surface area contributed by atoms with E-state index in [1.807, 2.05) is 81.4 Å². The highest BCUT2D eigenvalue weighted by Gasteiger charge is 2.76. The number of hydrogen-bond donors (Lipinski definition) is 8. The molecule has 10 atom stereocenters. The zero-order chi connectivity index (χ0) is 71.2. The van der Waals surface area contributed by atoms with E-state index in [2.05, 4.69) is 31.9 Å². The van der Waals surface area contributed by atoms with E-state index in [1.54, 1.807) is 19.1 Å². The maximum Gasteiger partial charge on any atom is 0.306 e. The summed E-state index contributed by atoms with van der Waals surface area (Å²) in [7, 11) is 0. The Labute approximate surface area is 582 Å². The Morgan fingerprint density at radius 2 is 1.28 bits per heavy atom. The number of carboxylic acid groups (broad SMARTS) is 1. The van der Waals surface area contributed by atoms with Crippen LogP contribution in [0.2, 0.25) is 0 Å². The number of fused-ring (bicyclic) bond motifs is 5. The van der Waals surface area contributed by atoms with Gasteiger partial charge in [-0.25, -0.2) is 0 Å². The lowest BCUT2D eigenvalue weighted by molar-refractivity contribution is -0.203. The number of esters is 1. The third kappa shape index (κ3) is 19.5. The van der Waals surface area contributed by atoms with E-state index < -0.39 is 137 Å². The Hall–Kier alpha value is -7.35. The largest absolute Gasteiger partial charge is 0.481 e. The van der Waals surface area contributed by atoms with Crippen LogP contribution in [-0.2, 0) is 86.0 Å². The number of aliphatic hydroxyl groups is 1. The van der Waals surface area contributed by atoms with Crippen LogP contribution < -0.4 is 31.9 Å². The molecule has 8 N–H and O–H groups in total. The van der Waals surface area contributed by atoms with Crippen LogP contribution in [0, 0.1) is 28.6 Å². The van der Waals surface area contributed by atoms with Crippen molar-refractivity contribution >= 4 is 106 Å². The maximum absolute atomic E-state index is 14.5. The molecular weight excluding hydrogens is 1330 g/mol. The first-order valence-electron chi connectivity index (χ1n) is 32.7. The van der Waals surface area contributed by atoms with Crippen LogP contribution in [0.3, 0.4) is 0 Å². The van der Waals surface area contributed by atoms with Gasteiger partial charge < -0.3 is 70.5 Å². The number of Topliss-reactive ketones (excluding diaryl/α,β-unsaturated/α-hetero) is 1. The number of carbonyl (C=O) groups excluding carboxylic acids is 11. The third-order valence-electron chi connectivity index (χ3n) is 18.4. The van der Waals surface area contributed by atoms with E-state index in [0.29, 0.717) is 29.1 Å². The third-order valence-corrected chi connectivity index (χ3v) is 21.7. The second-order valence-corrected chi connectivity index (χ2v) is 27.6. The molecule has 98 heavy (non-hydrogen) atoms. The van der Waals surface area contributed by atoms with Gasteiger partial charge in [-0.3, -0.25) is 62.4 Å². The topological polar surface area (TPSA) is 376 Å². The highest BCUT2D eigenvalue weighted by atomic mass is 35.5. The number of ketones is 2. The van der Waals surface area contributed by atoms with Gasteiger partial charge in [0.25, 0.3) is 11.8 Å². The van der Waals surface area contributed by atoms with Crippen molar-refractivity contribution in [3.8, 4) is 0 Å². The average molecular weight is 1420 g/mol.